The van der Waals surface area contributed by atoms with E-state index in [0.717, 1.165) is 71.2 Å². The van der Waals surface area contributed by atoms with Gasteiger partial charge in [0.1, 0.15) is 0 Å². The van der Waals surface area contributed by atoms with Crippen molar-refractivity contribution in [3.05, 3.63) is 18.7 Å². The maximum Gasteiger partial charge on any atom is 0.191 e. The van der Waals surface area contributed by atoms with Gasteiger partial charge in [0.2, 0.25) is 0 Å². The second-order valence-corrected chi connectivity index (χ2v) is 5.55. The Morgan fingerprint density at radius 3 is 3.04 bits per heavy atom. The van der Waals surface area contributed by atoms with E-state index in [-0.39, 0.29) is 24.0 Å². The summed E-state index contributed by atoms with van der Waals surface area (Å²) in [5.74, 6) is 0.877. The SMILES string of the molecule is CCNC(=NCCCn1ccnc1)NCCCOC1CCOC1.I. The molecule has 1 unspecified atom stereocenters. The van der Waals surface area contributed by atoms with E-state index >= 15 is 0 Å². The number of halogens is 1. The van der Waals surface area contributed by atoms with E-state index < -0.39 is 0 Å². The lowest BCUT2D eigenvalue weighted by atomic mass is 10.3. The lowest BCUT2D eigenvalue weighted by Crippen LogP contribution is -2.38. The minimum absolute atomic E-state index is 0. The van der Waals surface area contributed by atoms with Gasteiger partial charge in [-0.1, -0.05) is 0 Å². The largest absolute Gasteiger partial charge is 0.379 e. The molecule has 24 heavy (non-hydrogen) atoms. The molecule has 0 radical (unpaired) electrons. The Bertz CT molecular complexity index is 436. The first kappa shape index (κ1) is 21.2. The Labute approximate surface area is 161 Å². The maximum absolute atomic E-state index is 5.75. The average Bonchev–Trinajstić information content (AvgIpc) is 3.24. The molecule has 1 aromatic heterocycles. The summed E-state index contributed by atoms with van der Waals surface area (Å²) in [6.45, 7) is 7.88. The van der Waals surface area contributed by atoms with Gasteiger partial charge in [-0.05, 0) is 26.2 Å². The van der Waals surface area contributed by atoms with Crippen LogP contribution in [-0.4, -0.2) is 61.1 Å². The van der Waals surface area contributed by atoms with Crippen molar-refractivity contribution in [3.63, 3.8) is 0 Å². The molecule has 1 fully saturated rings. The fourth-order valence-corrected chi connectivity index (χ4v) is 2.38. The molecule has 0 spiro atoms. The van der Waals surface area contributed by atoms with Crippen LogP contribution < -0.4 is 10.6 Å². The van der Waals surface area contributed by atoms with E-state index in [1.807, 2.05) is 12.5 Å². The van der Waals surface area contributed by atoms with Crippen LogP contribution in [0.25, 0.3) is 0 Å². The minimum Gasteiger partial charge on any atom is -0.379 e. The lowest BCUT2D eigenvalue weighted by Gasteiger charge is -2.13. The number of hydrogen-bond donors (Lipinski definition) is 2. The molecular formula is C16H30IN5O2. The Hall–Kier alpha value is -0.870. The summed E-state index contributed by atoms with van der Waals surface area (Å²) in [6, 6.07) is 0. The number of aryl methyl sites for hydroxylation is 1. The molecule has 1 aliphatic rings. The second-order valence-electron chi connectivity index (χ2n) is 5.55. The highest BCUT2D eigenvalue weighted by Crippen LogP contribution is 2.07. The van der Waals surface area contributed by atoms with Gasteiger partial charge in [-0.25, -0.2) is 4.98 Å². The predicted molar refractivity (Wildman–Crippen MR) is 106 cm³/mol. The van der Waals surface area contributed by atoms with Crippen molar-refractivity contribution in [3.8, 4) is 0 Å². The van der Waals surface area contributed by atoms with E-state index in [0.29, 0.717) is 6.10 Å². The molecule has 1 atom stereocenters. The second kappa shape index (κ2) is 13.4. The number of guanidine groups is 1. The van der Waals surface area contributed by atoms with E-state index in [1.165, 1.54) is 0 Å². The molecule has 0 saturated carbocycles. The standard InChI is InChI=1S/C16H29N5O2.HI/c1-2-18-16(19-6-3-9-21-10-8-17-14-21)20-7-4-11-23-15-5-12-22-13-15;/h8,10,14-15H,2-7,9,11-13H2,1H3,(H2,18,19,20);1H. The Balaban J connectivity index is 0.00000288. The number of aromatic nitrogens is 2. The molecule has 1 saturated heterocycles. The molecule has 1 aromatic rings. The van der Waals surface area contributed by atoms with Gasteiger partial charge < -0.3 is 24.7 Å². The zero-order valence-electron chi connectivity index (χ0n) is 14.4. The number of nitrogens with zero attached hydrogens (tertiary/aromatic N) is 3. The normalized spacial score (nSPS) is 17.5. The molecular weight excluding hydrogens is 421 g/mol. The third-order valence-electron chi connectivity index (χ3n) is 3.60. The van der Waals surface area contributed by atoms with Crippen molar-refractivity contribution in [1.29, 1.82) is 0 Å². The third kappa shape index (κ3) is 8.84. The first-order valence-electron chi connectivity index (χ1n) is 8.55. The molecule has 0 amide bonds. The predicted octanol–water partition coefficient (Wildman–Crippen LogP) is 1.64. The summed E-state index contributed by atoms with van der Waals surface area (Å²) in [5, 5.41) is 6.62. The smallest absolute Gasteiger partial charge is 0.191 e. The van der Waals surface area contributed by atoms with Crippen molar-refractivity contribution in [2.24, 2.45) is 4.99 Å². The van der Waals surface area contributed by atoms with Crippen molar-refractivity contribution in [1.82, 2.24) is 20.2 Å². The van der Waals surface area contributed by atoms with Gasteiger partial charge in [-0.3, -0.25) is 4.99 Å². The van der Waals surface area contributed by atoms with Gasteiger partial charge >= 0.3 is 0 Å². The van der Waals surface area contributed by atoms with E-state index in [4.69, 9.17) is 9.47 Å². The molecule has 2 N–H and O–H groups in total. The van der Waals surface area contributed by atoms with Gasteiger partial charge in [0.15, 0.2) is 5.96 Å². The summed E-state index contributed by atoms with van der Waals surface area (Å²) >= 11 is 0. The van der Waals surface area contributed by atoms with Crippen LogP contribution in [0.3, 0.4) is 0 Å². The number of nitrogens with one attached hydrogen (secondary N) is 2. The van der Waals surface area contributed by atoms with E-state index in [9.17, 15) is 0 Å². The van der Waals surface area contributed by atoms with Crippen LogP contribution in [-0.2, 0) is 16.0 Å². The number of ether oxygens (including phenoxy) is 2. The summed E-state index contributed by atoms with van der Waals surface area (Å²) in [7, 11) is 0. The van der Waals surface area contributed by atoms with Gasteiger partial charge in [-0.2, -0.15) is 0 Å². The van der Waals surface area contributed by atoms with Gasteiger partial charge in [-0.15, -0.1) is 24.0 Å². The molecule has 2 heterocycles. The molecule has 1 aliphatic heterocycles. The molecule has 7 nitrogen and oxygen atoms in total. The molecule has 0 aromatic carbocycles. The number of rotatable bonds is 10. The van der Waals surface area contributed by atoms with Crippen LogP contribution in [0, 0.1) is 0 Å². The minimum atomic E-state index is 0. The van der Waals surface area contributed by atoms with Gasteiger partial charge in [0.25, 0.3) is 0 Å². The van der Waals surface area contributed by atoms with Crippen molar-refractivity contribution in [2.45, 2.75) is 38.8 Å². The van der Waals surface area contributed by atoms with Crippen molar-refractivity contribution >= 4 is 29.9 Å². The van der Waals surface area contributed by atoms with E-state index in [2.05, 4.69) is 32.1 Å². The number of hydrogen-bond acceptors (Lipinski definition) is 4. The lowest BCUT2D eigenvalue weighted by molar-refractivity contribution is 0.0420. The fraction of sp³-hybridized carbons (Fsp3) is 0.750. The van der Waals surface area contributed by atoms with Crippen molar-refractivity contribution in [2.75, 3.05) is 39.5 Å². The first-order chi connectivity index (χ1) is 11.4. The molecule has 0 aliphatic carbocycles. The van der Waals surface area contributed by atoms with Crippen LogP contribution in [0.15, 0.2) is 23.7 Å². The highest BCUT2D eigenvalue weighted by molar-refractivity contribution is 14.0. The summed E-state index contributed by atoms with van der Waals surface area (Å²) in [4.78, 5) is 8.62. The van der Waals surface area contributed by atoms with Crippen LogP contribution in [0.1, 0.15) is 26.2 Å². The summed E-state index contributed by atoms with van der Waals surface area (Å²) in [5.41, 5.74) is 0. The van der Waals surface area contributed by atoms with Crippen LogP contribution in [0.2, 0.25) is 0 Å². The Morgan fingerprint density at radius 2 is 2.33 bits per heavy atom. The van der Waals surface area contributed by atoms with Gasteiger partial charge in [0, 0.05) is 51.8 Å². The highest BCUT2D eigenvalue weighted by Gasteiger charge is 2.15. The highest BCUT2D eigenvalue weighted by atomic mass is 127. The summed E-state index contributed by atoms with van der Waals surface area (Å²) < 4.78 is 13.1. The zero-order chi connectivity index (χ0) is 16.2. The zero-order valence-corrected chi connectivity index (χ0v) is 16.8. The topological polar surface area (TPSA) is 72.7 Å². The summed E-state index contributed by atoms with van der Waals surface area (Å²) in [6.07, 6.45) is 8.89. The monoisotopic (exact) mass is 451 g/mol. The quantitative estimate of drug-likeness (QED) is 0.245. The number of imidazole rings is 1. The fourth-order valence-electron chi connectivity index (χ4n) is 2.38. The molecule has 2 rings (SSSR count). The number of aliphatic imine (C=N–C) groups is 1. The average molecular weight is 451 g/mol. The van der Waals surface area contributed by atoms with E-state index in [1.54, 1.807) is 6.20 Å². The van der Waals surface area contributed by atoms with Crippen LogP contribution in [0.5, 0.6) is 0 Å². The third-order valence-corrected chi connectivity index (χ3v) is 3.60. The van der Waals surface area contributed by atoms with Gasteiger partial charge in [0.05, 0.1) is 19.0 Å². The van der Waals surface area contributed by atoms with Crippen LogP contribution >= 0.6 is 24.0 Å². The maximum atomic E-state index is 5.75. The Kier molecular flexibility index (Phi) is 11.8. The molecule has 0 bridgehead atoms. The molecule has 138 valence electrons. The van der Waals surface area contributed by atoms with Crippen molar-refractivity contribution < 1.29 is 9.47 Å². The van der Waals surface area contributed by atoms with Crippen LogP contribution in [0.4, 0.5) is 0 Å². The first-order valence-corrected chi connectivity index (χ1v) is 8.55. The molecule has 8 heteroatoms. The Morgan fingerprint density at radius 1 is 1.42 bits per heavy atom.